The molecule has 0 radical (unpaired) electrons. The number of para-hydroxylation sites is 2. The minimum atomic E-state index is 1.16. The van der Waals surface area contributed by atoms with E-state index in [4.69, 9.17) is 0 Å². The molecule has 0 atom stereocenters. The number of hydrogen-bond donors (Lipinski definition) is 0. The topological polar surface area (TPSA) is 9.86 Å². The first-order valence-corrected chi connectivity index (χ1v) is 19.3. The Kier molecular flexibility index (Phi) is 6.66. The van der Waals surface area contributed by atoms with Gasteiger partial charge in [0.15, 0.2) is 0 Å². The summed E-state index contributed by atoms with van der Waals surface area (Å²) in [5, 5.41) is 5.04. The van der Waals surface area contributed by atoms with Crippen molar-refractivity contribution < 1.29 is 0 Å². The molecular weight excluding hydrogens is 677 g/mol. The van der Waals surface area contributed by atoms with E-state index in [0.29, 0.717) is 0 Å². The van der Waals surface area contributed by atoms with Gasteiger partial charge in [-0.3, -0.25) is 0 Å². The van der Waals surface area contributed by atoms with Crippen molar-refractivity contribution in [3.63, 3.8) is 0 Å². The van der Waals surface area contributed by atoms with Crippen LogP contribution >= 0.6 is 0 Å². The Balaban J connectivity index is 1.05. The maximum Gasteiger partial charge on any atom is 0.0619 e. The van der Waals surface area contributed by atoms with Gasteiger partial charge in [-0.05, 0) is 99.1 Å². The zero-order valence-corrected chi connectivity index (χ0v) is 30.5. The molecule has 11 aromatic rings. The minimum Gasteiger partial charge on any atom is -0.309 e. The zero-order valence-electron chi connectivity index (χ0n) is 30.5. The SMILES string of the molecule is c1ccc(-c2cccc(-n3c4ccccc4c4cc(-c5ccc6c(c5)c5cccc7c5n6-c5ccc(-c6ccccc6)cc5-c5ccccc5-7)ccc43)c2)cc1. The smallest absolute Gasteiger partial charge is 0.0619 e. The Labute approximate surface area is 324 Å². The predicted octanol–water partition coefficient (Wildman–Crippen LogP) is 14.5. The normalized spacial score (nSPS) is 11.9. The molecule has 0 saturated heterocycles. The summed E-state index contributed by atoms with van der Waals surface area (Å²) in [4.78, 5) is 0. The zero-order chi connectivity index (χ0) is 36.7. The molecule has 3 heterocycles. The highest BCUT2D eigenvalue weighted by atomic mass is 15.0. The van der Waals surface area contributed by atoms with Crippen LogP contribution in [0.3, 0.4) is 0 Å². The van der Waals surface area contributed by atoms with Gasteiger partial charge in [-0.15, -0.1) is 0 Å². The second kappa shape index (κ2) is 12.0. The summed E-state index contributed by atoms with van der Waals surface area (Å²) >= 11 is 0. The van der Waals surface area contributed by atoms with Crippen LogP contribution in [0.1, 0.15) is 0 Å². The summed E-state index contributed by atoms with van der Waals surface area (Å²) < 4.78 is 4.92. The lowest BCUT2D eigenvalue weighted by molar-refractivity contribution is 1.18. The van der Waals surface area contributed by atoms with Crippen molar-refractivity contribution in [2.45, 2.75) is 0 Å². The van der Waals surface area contributed by atoms with E-state index in [0.717, 1.165) is 5.69 Å². The predicted molar refractivity (Wildman–Crippen MR) is 236 cm³/mol. The third kappa shape index (κ3) is 4.57. The highest BCUT2D eigenvalue weighted by molar-refractivity contribution is 6.17. The fraction of sp³-hybridized carbons (Fsp3) is 0. The van der Waals surface area contributed by atoms with Gasteiger partial charge in [0.1, 0.15) is 0 Å². The van der Waals surface area contributed by atoms with E-state index in [-0.39, 0.29) is 0 Å². The van der Waals surface area contributed by atoms with Gasteiger partial charge in [0.25, 0.3) is 0 Å². The summed E-state index contributed by atoms with van der Waals surface area (Å²) in [5.41, 5.74) is 19.6. The first kappa shape index (κ1) is 31.0. The highest BCUT2D eigenvalue weighted by Crippen LogP contribution is 2.48. The fourth-order valence-corrected chi connectivity index (χ4v) is 9.31. The molecule has 2 heteroatoms. The summed E-state index contributed by atoms with van der Waals surface area (Å²) in [6.45, 7) is 0. The van der Waals surface area contributed by atoms with Gasteiger partial charge in [0.2, 0.25) is 0 Å². The van der Waals surface area contributed by atoms with Crippen molar-refractivity contribution in [3.8, 4) is 67.0 Å². The van der Waals surface area contributed by atoms with Gasteiger partial charge in [-0.25, -0.2) is 0 Å². The third-order valence-corrected chi connectivity index (χ3v) is 11.9. The second-order valence-corrected chi connectivity index (χ2v) is 14.9. The highest BCUT2D eigenvalue weighted by Gasteiger charge is 2.25. The molecule has 0 unspecified atom stereocenters. The third-order valence-electron chi connectivity index (χ3n) is 11.9. The molecule has 2 aromatic heterocycles. The Morgan fingerprint density at radius 1 is 0.250 bits per heavy atom. The number of aromatic nitrogens is 2. The van der Waals surface area contributed by atoms with Crippen LogP contribution in [-0.2, 0) is 0 Å². The fourth-order valence-electron chi connectivity index (χ4n) is 9.31. The Morgan fingerprint density at radius 2 is 0.750 bits per heavy atom. The molecule has 12 rings (SSSR count). The van der Waals surface area contributed by atoms with Crippen LogP contribution in [0.4, 0.5) is 0 Å². The van der Waals surface area contributed by atoms with Crippen molar-refractivity contribution in [3.05, 3.63) is 206 Å². The largest absolute Gasteiger partial charge is 0.309 e. The van der Waals surface area contributed by atoms with Crippen LogP contribution in [0.2, 0.25) is 0 Å². The minimum absolute atomic E-state index is 1.16. The first-order chi connectivity index (χ1) is 27.8. The van der Waals surface area contributed by atoms with Crippen LogP contribution in [0.15, 0.2) is 206 Å². The van der Waals surface area contributed by atoms with E-state index in [1.165, 1.54) is 105 Å². The summed E-state index contributed by atoms with van der Waals surface area (Å²) in [7, 11) is 0. The summed E-state index contributed by atoms with van der Waals surface area (Å²) in [6, 6.07) is 75.8. The number of fused-ring (bicyclic) bond motifs is 11. The van der Waals surface area contributed by atoms with Crippen molar-refractivity contribution in [1.82, 2.24) is 9.13 Å². The lowest BCUT2D eigenvalue weighted by Gasteiger charge is -2.15. The average molecular weight is 711 g/mol. The van der Waals surface area contributed by atoms with Gasteiger partial charge < -0.3 is 9.13 Å². The molecule has 0 saturated carbocycles. The molecule has 0 aliphatic carbocycles. The van der Waals surface area contributed by atoms with Crippen molar-refractivity contribution in [2.75, 3.05) is 0 Å². The molecule has 0 N–H and O–H groups in total. The maximum absolute atomic E-state index is 2.51. The Morgan fingerprint density at radius 3 is 1.50 bits per heavy atom. The molecule has 1 aliphatic heterocycles. The van der Waals surface area contributed by atoms with Gasteiger partial charge in [0.05, 0.1) is 27.8 Å². The van der Waals surface area contributed by atoms with E-state index >= 15 is 0 Å². The molecule has 0 fully saturated rings. The number of nitrogens with zero attached hydrogens (tertiary/aromatic N) is 2. The molecule has 0 amide bonds. The van der Waals surface area contributed by atoms with E-state index in [1.807, 2.05) is 0 Å². The van der Waals surface area contributed by atoms with Crippen LogP contribution in [0, 0.1) is 0 Å². The standard InChI is InChI=1S/C54H34N2/c1-3-13-35(14-4-1)37-17-11-18-41(31-37)55-50-24-10-9-21-44(50)48-33-39(26-28-51(48)55)40-27-30-53-49(34-40)46-23-12-22-45-42-19-7-8-20-43(42)47-32-38(36-15-5-2-6-16-36)25-29-52(47)56(53)54(45)46/h1-34H. The Hall–Kier alpha value is -7.42. The van der Waals surface area contributed by atoms with Gasteiger partial charge in [0, 0.05) is 38.4 Å². The average Bonchev–Trinajstić information content (AvgIpc) is 3.75. The molecule has 260 valence electrons. The van der Waals surface area contributed by atoms with Crippen LogP contribution in [0.25, 0.3) is 111 Å². The monoisotopic (exact) mass is 710 g/mol. The van der Waals surface area contributed by atoms with Crippen molar-refractivity contribution in [1.29, 1.82) is 0 Å². The number of benzene rings is 9. The number of rotatable bonds is 4. The van der Waals surface area contributed by atoms with Crippen molar-refractivity contribution >= 4 is 43.6 Å². The Bertz CT molecular complexity index is 3350. The van der Waals surface area contributed by atoms with Crippen LogP contribution < -0.4 is 0 Å². The van der Waals surface area contributed by atoms with E-state index in [2.05, 4.69) is 215 Å². The van der Waals surface area contributed by atoms with Gasteiger partial charge in [-0.2, -0.15) is 0 Å². The second-order valence-electron chi connectivity index (χ2n) is 14.9. The van der Waals surface area contributed by atoms with Gasteiger partial charge in [-0.1, -0.05) is 152 Å². The number of hydrogen-bond acceptors (Lipinski definition) is 0. The molecule has 1 aliphatic rings. The lowest BCUT2D eigenvalue weighted by Crippen LogP contribution is -1.96. The molecule has 56 heavy (non-hydrogen) atoms. The van der Waals surface area contributed by atoms with Crippen LogP contribution in [-0.4, -0.2) is 9.13 Å². The lowest BCUT2D eigenvalue weighted by atomic mass is 9.91. The first-order valence-electron chi connectivity index (χ1n) is 19.3. The molecule has 2 nitrogen and oxygen atoms in total. The van der Waals surface area contributed by atoms with E-state index < -0.39 is 0 Å². The molecule has 0 spiro atoms. The quantitative estimate of drug-likeness (QED) is 0.172. The van der Waals surface area contributed by atoms with E-state index in [1.54, 1.807) is 0 Å². The molecule has 9 aromatic carbocycles. The molecular formula is C54H34N2. The summed E-state index contributed by atoms with van der Waals surface area (Å²) in [5.74, 6) is 0. The van der Waals surface area contributed by atoms with Gasteiger partial charge >= 0.3 is 0 Å². The van der Waals surface area contributed by atoms with Crippen LogP contribution in [0.5, 0.6) is 0 Å². The molecule has 0 bridgehead atoms. The maximum atomic E-state index is 2.51. The van der Waals surface area contributed by atoms with Crippen molar-refractivity contribution in [2.24, 2.45) is 0 Å². The van der Waals surface area contributed by atoms with E-state index in [9.17, 15) is 0 Å². The summed E-state index contributed by atoms with van der Waals surface area (Å²) in [6.07, 6.45) is 0.